The zero-order valence-corrected chi connectivity index (χ0v) is 11.3. The smallest absolute Gasteiger partial charge is 0.155 e. The average molecular weight is 269 g/mol. The molecular weight excluding hydrogens is 250 g/mol. The molecule has 1 aliphatic rings. The van der Waals surface area contributed by atoms with Crippen LogP contribution in [-0.4, -0.2) is 52.9 Å². The van der Waals surface area contributed by atoms with Crippen LogP contribution in [0.1, 0.15) is 19.3 Å². The van der Waals surface area contributed by atoms with Gasteiger partial charge in [0.2, 0.25) is 0 Å². The number of sulfone groups is 2. The normalized spacial score (nSPS) is 27.1. The van der Waals surface area contributed by atoms with E-state index in [-0.39, 0.29) is 17.5 Å². The predicted octanol–water partition coefficient (Wildman–Crippen LogP) is -0.414. The highest BCUT2D eigenvalue weighted by Gasteiger charge is 2.36. The lowest BCUT2D eigenvalue weighted by Gasteiger charge is -2.18. The molecule has 7 heteroatoms. The van der Waals surface area contributed by atoms with Gasteiger partial charge >= 0.3 is 0 Å². The van der Waals surface area contributed by atoms with Crippen LogP contribution in [0.4, 0.5) is 0 Å². The summed E-state index contributed by atoms with van der Waals surface area (Å²) in [6, 6.07) is -0.0236. The first-order valence-corrected chi connectivity index (χ1v) is 9.10. The molecule has 0 amide bonds. The summed E-state index contributed by atoms with van der Waals surface area (Å²) in [6.07, 6.45) is 3.43. The molecule has 96 valence electrons. The molecule has 0 aromatic carbocycles. The SMILES string of the molecule is CNC1CCCC1S(=O)(=O)CCS(C)(=O)=O. The molecule has 0 bridgehead atoms. The maximum atomic E-state index is 11.9. The van der Waals surface area contributed by atoms with Crippen molar-refractivity contribution in [2.75, 3.05) is 24.8 Å². The molecule has 16 heavy (non-hydrogen) atoms. The Morgan fingerprint density at radius 1 is 1.12 bits per heavy atom. The van der Waals surface area contributed by atoms with E-state index in [1.54, 1.807) is 7.05 Å². The summed E-state index contributed by atoms with van der Waals surface area (Å²) in [7, 11) is -4.76. The van der Waals surface area contributed by atoms with Gasteiger partial charge < -0.3 is 5.32 Å². The van der Waals surface area contributed by atoms with Gasteiger partial charge in [-0.25, -0.2) is 16.8 Å². The predicted molar refractivity (Wildman–Crippen MR) is 64.0 cm³/mol. The van der Waals surface area contributed by atoms with Crippen LogP contribution < -0.4 is 5.32 Å². The van der Waals surface area contributed by atoms with Crippen molar-refractivity contribution in [1.82, 2.24) is 5.32 Å². The van der Waals surface area contributed by atoms with Gasteiger partial charge in [-0.2, -0.15) is 0 Å². The average Bonchev–Trinajstić information content (AvgIpc) is 2.62. The van der Waals surface area contributed by atoms with E-state index in [4.69, 9.17) is 0 Å². The molecule has 2 unspecified atom stereocenters. The third kappa shape index (κ3) is 3.71. The minimum atomic E-state index is -3.30. The first-order valence-electron chi connectivity index (χ1n) is 5.33. The molecule has 1 saturated carbocycles. The largest absolute Gasteiger partial charge is 0.316 e. The van der Waals surface area contributed by atoms with Crippen molar-refractivity contribution in [2.24, 2.45) is 0 Å². The Morgan fingerprint density at radius 3 is 2.25 bits per heavy atom. The third-order valence-corrected chi connectivity index (χ3v) is 6.49. The highest BCUT2D eigenvalue weighted by atomic mass is 32.2. The fourth-order valence-electron chi connectivity index (χ4n) is 2.10. The van der Waals surface area contributed by atoms with Gasteiger partial charge in [0.25, 0.3) is 0 Å². The van der Waals surface area contributed by atoms with Crippen molar-refractivity contribution in [3.8, 4) is 0 Å². The minimum absolute atomic E-state index is 0.0236. The van der Waals surface area contributed by atoms with E-state index >= 15 is 0 Å². The van der Waals surface area contributed by atoms with E-state index < -0.39 is 24.9 Å². The maximum Gasteiger partial charge on any atom is 0.155 e. The molecule has 0 aromatic rings. The van der Waals surface area contributed by atoms with E-state index in [0.29, 0.717) is 6.42 Å². The number of hydrogen-bond donors (Lipinski definition) is 1. The fraction of sp³-hybridized carbons (Fsp3) is 1.00. The summed E-state index contributed by atoms with van der Waals surface area (Å²) in [5, 5.41) is 2.57. The summed E-state index contributed by atoms with van der Waals surface area (Å²) < 4.78 is 45.8. The van der Waals surface area contributed by atoms with Gasteiger partial charge in [-0.1, -0.05) is 6.42 Å². The molecule has 2 atom stereocenters. The van der Waals surface area contributed by atoms with E-state index in [2.05, 4.69) is 5.32 Å². The summed E-state index contributed by atoms with van der Waals surface area (Å²) in [5.74, 6) is -0.531. The molecule has 0 aromatic heterocycles. The van der Waals surface area contributed by atoms with Crippen molar-refractivity contribution < 1.29 is 16.8 Å². The van der Waals surface area contributed by atoms with Crippen LogP contribution in [0.25, 0.3) is 0 Å². The zero-order valence-electron chi connectivity index (χ0n) is 9.64. The number of hydrogen-bond acceptors (Lipinski definition) is 5. The first kappa shape index (κ1) is 13.9. The van der Waals surface area contributed by atoms with Gasteiger partial charge in [0.15, 0.2) is 9.84 Å². The second-order valence-electron chi connectivity index (χ2n) is 4.36. The van der Waals surface area contributed by atoms with Crippen molar-refractivity contribution in [3.05, 3.63) is 0 Å². The fourth-order valence-corrected chi connectivity index (χ4v) is 5.85. The molecular formula is C9H19NO4S2. The highest BCUT2D eigenvalue weighted by molar-refractivity contribution is 7.95. The van der Waals surface area contributed by atoms with E-state index in [1.807, 2.05) is 0 Å². The zero-order chi connectivity index (χ0) is 12.4. The minimum Gasteiger partial charge on any atom is -0.316 e. The molecule has 0 radical (unpaired) electrons. The quantitative estimate of drug-likeness (QED) is 0.733. The first-order chi connectivity index (χ1) is 7.26. The standard InChI is InChI=1S/C9H19NO4S2/c1-10-8-4-3-5-9(8)16(13,14)7-6-15(2,11)12/h8-10H,3-7H2,1-2H3. The molecule has 1 rings (SSSR count). The van der Waals surface area contributed by atoms with Crippen LogP contribution in [0, 0.1) is 0 Å². The van der Waals surface area contributed by atoms with Gasteiger partial charge in [-0.15, -0.1) is 0 Å². The summed E-state index contributed by atoms with van der Waals surface area (Å²) in [4.78, 5) is 0. The van der Waals surface area contributed by atoms with Crippen LogP contribution in [0.15, 0.2) is 0 Å². The molecule has 1 fully saturated rings. The maximum absolute atomic E-state index is 11.9. The van der Waals surface area contributed by atoms with Gasteiger partial charge in [-0.05, 0) is 19.9 Å². The van der Waals surface area contributed by atoms with Gasteiger partial charge in [0, 0.05) is 12.3 Å². The lowest BCUT2D eigenvalue weighted by Crippen LogP contribution is -2.40. The second kappa shape index (κ2) is 5.01. The Morgan fingerprint density at radius 2 is 1.75 bits per heavy atom. The Kier molecular flexibility index (Phi) is 4.36. The Labute approximate surface area is 97.5 Å². The highest BCUT2D eigenvalue weighted by Crippen LogP contribution is 2.25. The van der Waals surface area contributed by atoms with Gasteiger partial charge in [0.1, 0.15) is 9.84 Å². The molecule has 5 nitrogen and oxygen atoms in total. The van der Waals surface area contributed by atoms with Gasteiger partial charge in [-0.3, -0.25) is 0 Å². The Bertz CT molecular complexity index is 426. The molecule has 0 aliphatic heterocycles. The van der Waals surface area contributed by atoms with Crippen LogP contribution >= 0.6 is 0 Å². The molecule has 0 saturated heterocycles. The van der Waals surface area contributed by atoms with E-state index in [9.17, 15) is 16.8 Å². The molecule has 0 heterocycles. The Balaban J connectivity index is 2.70. The van der Waals surface area contributed by atoms with Crippen LogP contribution in [0.3, 0.4) is 0 Å². The Hall–Kier alpha value is -0.140. The monoisotopic (exact) mass is 269 g/mol. The van der Waals surface area contributed by atoms with Crippen molar-refractivity contribution >= 4 is 19.7 Å². The molecule has 0 spiro atoms. The van der Waals surface area contributed by atoms with E-state index in [1.165, 1.54) is 0 Å². The second-order valence-corrected chi connectivity index (χ2v) is 8.96. The van der Waals surface area contributed by atoms with E-state index in [0.717, 1.165) is 19.1 Å². The third-order valence-electron chi connectivity index (χ3n) is 3.02. The molecule has 1 N–H and O–H groups in total. The van der Waals surface area contributed by atoms with Crippen LogP contribution in [-0.2, 0) is 19.7 Å². The summed E-state index contributed by atoms with van der Waals surface area (Å²) in [6.45, 7) is 0. The van der Waals surface area contributed by atoms with Crippen LogP contribution in [0.2, 0.25) is 0 Å². The van der Waals surface area contributed by atoms with Crippen LogP contribution in [0.5, 0.6) is 0 Å². The summed E-state index contributed by atoms with van der Waals surface area (Å²) >= 11 is 0. The topological polar surface area (TPSA) is 80.3 Å². The van der Waals surface area contributed by atoms with Crippen molar-refractivity contribution in [1.29, 1.82) is 0 Å². The van der Waals surface area contributed by atoms with Gasteiger partial charge in [0.05, 0.1) is 16.8 Å². The number of nitrogens with one attached hydrogen (secondary N) is 1. The van der Waals surface area contributed by atoms with Crippen molar-refractivity contribution in [2.45, 2.75) is 30.6 Å². The number of rotatable bonds is 5. The summed E-state index contributed by atoms with van der Waals surface area (Å²) in [5.41, 5.74) is 0. The van der Waals surface area contributed by atoms with Crippen molar-refractivity contribution in [3.63, 3.8) is 0 Å². The molecule has 1 aliphatic carbocycles. The lowest BCUT2D eigenvalue weighted by atomic mass is 10.2. The lowest BCUT2D eigenvalue weighted by molar-refractivity contribution is 0.538.